The van der Waals surface area contributed by atoms with Crippen LogP contribution in [0.3, 0.4) is 0 Å². The molecule has 2 nitrogen and oxygen atoms in total. The second-order valence-electron chi connectivity index (χ2n) is 4.08. The van der Waals surface area contributed by atoms with Gasteiger partial charge in [0.15, 0.2) is 5.78 Å². The Hall–Kier alpha value is -1.48. The fraction of sp³-hybridized carbons (Fsp3) is 0.286. The zero-order valence-electron chi connectivity index (χ0n) is 10.1. The van der Waals surface area contributed by atoms with E-state index >= 15 is 0 Å². The van der Waals surface area contributed by atoms with Gasteiger partial charge in [0, 0.05) is 17.4 Å². The molecule has 17 heavy (non-hydrogen) atoms. The lowest BCUT2D eigenvalue weighted by Crippen LogP contribution is -1.98. The monoisotopic (exact) mass is 245 g/mol. The van der Waals surface area contributed by atoms with Crippen LogP contribution in [0.25, 0.3) is 10.6 Å². The third-order valence-electron chi connectivity index (χ3n) is 2.53. The molecule has 0 N–H and O–H groups in total. The molecule has 0 bridgehead atoms. The number of rotatable bonds is 4. The second kappa shape index (κ2) is 5.23. The van der Waals surface area contributed by atoms with Gasteiger partial charge < -0.3 is 0 Å². The topological polar surface area (TPSA) is 30.0 Å². The van der Waals surface area contributed by atoms with Crippen molar-refractivity contribution in [2.75, 3.05) is 0 Å². The minimum atomic E-state index is 0.141. The van der Waals surface area contributed by atoms with E-state index in [-0.39, 0.29) is 5.78 Å². The summed E-state index contributed by atoms with van der Waals surface area (Å²) in [6, 6.07) is 8.19. The lowest BCUT2D eigenvalue weighted by Gasteiger charge is -1.97. The summed E-state index contributed by atoms with van der Waals surface area (Å²) in [5.41, 5.74) is 2.90. The summed E-state index contributed by atoms with van der Waals surface area (Å²) in [6.07, 6.45) is 1.45. The van der Waals surface area contributed by atoms with Crippen LogP contribution in [0.15, 0.2) is 29.6 Å². The average Bonchev–Trinajstić information content (AvgIpc) is 2.78. The van der Waals surface area contributed by atoms with Crippen molar-refractivity contribution in [2.45, 2.75) is 26.7 Å². The number of aryl methyl sites for hydroxylation is 1. The normalized spacial score (nSPS) is 10.5. The van der Waals surface area contributed by atoms with Crippen molar-refractivity contribution in [3.63, 3.8) is 0 Å². The Morgan fingerprint density at radius 1 is 1.41 bits per heavy atom. The molecule has 1 aromatic heterocycles. The van der Waals surface area contributed by atoms with E-state index in [1.54, 1.807) is 0 Å². The molecule has 0 radical (unpaired) electrons. The van der Waals surface area contributed by atoms with E-state index in [4.69, 9.17) is 0 Å². The van der Waals surface area contributed by atoms with Gasteiger partial charge in [-0.15, -0.1) is 11.3 Å². The molecule has 3 heteroatoms. The Kier molecular flexibility index (Phi) is 3.69. The summed E-state index contributed by atoms with van der Waals surface area (Å²) in [5.74, 6) is 0.141. The molecule has 0 atom stereocenters. The van der Waals surface area contributed by atoms with Crippen molar-refractivity contribution in [2.24, 2.45) is 0 Å². The first-order chi connectivity index (χ1) is 8.20. The zero-order chi connectivity index (χ0) is 12.3. The summed E-state index contributed by atoms with van der Waals surface area (Å²) in [7, 11) is 0. The molecule has 0 aliphatic carbocycles. The van der Waals surface area contributed by atoms with Gasteiger partial charge in [0.25, 0.3) is 0 Å². The molecule has 0 unspecified atom stereocenters. The maximum atomic E-state index is 11.7. The van der Waals surface area contributed by atoms with Crippen LogP contribution in [-0.4, -0.2) is 10.8 Å². The summed E-state index contributed by atoms with van der Waals surface area (Å²) >= 11 is 1.53. The number of thiazole rings is 1. The molecule has 0 aliphatic heterocycles. The van der Waals surface area contributed by atoms with Gasteiger partial charge in [-0.1, -0.05) is 30.7 Å². The predicted octanol–water partition coefficient (Wildman–Crippen LogP) is 4.10. The minimum absolute atomic E-state index is 0.141. The minimum Gasteiger partial charge on any atom is -0.292 e. The Balaban J connectivity index is 2.27. The zero-order valence-corrected chi connectivity index (χ0v) is 10.9. The van der Waals surface area contributed by atoms with E-state index in [9.17, 15) is 4.79 Å². The Morgan fingerprint density at radius 3 is 2.94 bits per heavy atom. The highest BCUT2D eigenvalue weighted by atomic mass is 32.1. The Morgan fingerprint density at radius 2 is 2.24 bits per heavy atom. The molecule has 0 fully saturated rings. The fourth-order valence-electron chi connectivity index (χ4n) is 1.67. The van der Waals surface area contributed by atoms with Crippen LogP contribution in [0.5, 0.6) is 0 Å². The molecule has 0 saturated heterocycles. The van der Waals surface area contributed by atoms with Gasteiger partial charge in [-0.25, -0.2) is 4.98 Å². The van der Waals surface area contributed by atoms with E-state index in [0.29, 0.717) is 12.1 Å². The first kappa shape index (κ1) is 12.0. The molecule has 0 aliphatic rings. The van der Waals surface area contributed by atoms with Crippen LogP contribution in [0.4, 0.5) is 0 Å². The molecule has 2 rings (SSSR count). The fourth-order valence-corrected chi connectivity index (χ4v) is 2.49. The van der Waals surface area contributed by atoms with Gasteiger partial charge in [0.1, 0.15) is 10.7 Å². The van der Waals surface area contributed by atoms with Gasteiger partial charge in [-0.2, -0.15) is 0 Å². The lowest BCUT2D eigenvalue weighted by molar-refractivity contribution is 0.0977. The Labute approximate surface area is 105 Å². The molecule has 0 amide bonds. The number of hydrogen-bond acceptors (Lipinski definition) is 3. The van der Waals surface area contributed by atoms with Gasteiger partial charge in [-0.05, 0) is 19.4 Å². The van der Waals surface area contributed by atoms with Crippen molar-refractivity contribution in [3.05, 3.63) is 40.9 Å². The molecule has 1 heterocycles. The van der Waals surface area contributed by atoms with Gasteiger partial charge in [0.2, 0.25) is 0 Å². The third kappa shape index (κ3) is 2.80. The van der Waals surface area contributed by atoms with Crippen LogP contribution in [-0.2, 0) is 0 Å². The predicted molar refractivity (Wildman–Crippen MR) is 71.5 cm³/mol. The van der Waals surface area contributed by atoms with Crippen LogP contribution in [0.1, 0.15) is 35.8 Å². The highest BCUT2D eigenvalue weighted by Crippen LogP contribution is 2.24. The molecular formula is C14H15NOS. The number of carbonyl (C=O) groups excluding carboxylic acids is 1. The largest absolute Gasteiger partial charge is 0.292 e. The molecule has 88 valence electrons. The number of Topliss-reactive ketones (excluding diaryl/α,β-unsaturated/α-hetero) is 1. The van der Waals surface area contributed by atoms with Crippen LogP contribution >= 0.6 is 11.3 Å². The van der Waals surface area contributed by atoms with Crippen molar-refractivity contribution in [3.8, 4) is 10.6 Å². The molecule has 0 spiro atoms. The standard InChI is InChI=1S/C14H15NOS/c1-3-5-13(16)12-9-17-14(15-12)11-7-4-6-10(2)8-11/h4,6-9H,3,5H2,1-2H3. The summed E-state index contributed by atoms with van der Waals surface area (Å²) in [5, 5.41) is 2.78. The summed E-state index contributed by atoms with van der Waals surface area (Å²) in [4.78, 5) is 16.1. The van der Waals surface area contributed by atoms with Crippen LogP contribution < -0.4 is 0 Å². The van der Waals surface area contributed by atoms with Crippen molar-refractivity contribution in [1.82, 2.24) is 4.98 Å². The number of benzene rings is 1. The molecule has 2 aromatic rings. The van der Waals surface area contributed by atoms with Crippen molar-refractivity contribution >= 4 is 17.1 Å². The highest BCUT2D eigenvalue weighted by molar-refractivity contribution is 7.13. The number of nitrogens with zero attached hydrogens (tertiary/aromatic N) is 1. The maximum absolute atomic E-state index is 11.7. The maximum Gasteiger partial charge on any atom is 0.182 e. The number of ketones is 1. The Bertz CT molecular complexity index is 531. The van der Waals surface area contributed by atoms with Crippen LogP contribution in [0.2, 0.25) is 0 Å². The quantitative estimate of drug-likeness (QED) is 0.759. The van der Waals surface area contributed by atoms with E-state index < -0.39 is 0 Å². The first-order valence-electron chi connectivity index (χ1n) is 5.76. The molecular weight excluding hydrogens is 230 g/mol. The van der Waals surface area contributed by atoms with Crippen LogP contribution in [0, 0.1) is 6.92 Å². The molecule has 0 saturated carbocycles. The smallest absolute Gasteiger partial charge is 0.182 e. The summed E-state index contributed by atoms with van der Waals surface area (Å²) in [6.45, 7) is 4.06. The van der Waals surface area contributed by atoms with E-state index in [1.807, 2.05) is 24.4 Å². The van der Waals surface area contributed by atoms with Crippen molar-refractivity contribution < 1.29 is 4.79 Å². The number of carbonyl (C=O) groups is 1. The van der Waals surface area contributed by atoms with Gasteiger partial charge >= 0.3 is 0 Å². The van der Waals surface area contributed by atoms with Gasteiger partial charge in [-0.3, -0.25) is 4.79 Å². The number of aromatic nitrogens is 1. The van der Waals surface area contributed by atoms with E-state index in [1.165, 1.54) is 16.9 Å². The average molecular weight is 245 g/mol. The summed E-state index contributed by atoms with van der Waals surface area (Å²) < 4.78 is 0. The highest BCUT2D eigenvalue weighted by Gasteiger charge is 2.10. The molecule has 1 aromatic carbocycles. The first-order valence-corrected chi connectivity index (χ1v) is 6.64. The van der Waals surface area contributed by atoms with E-state index in [2.05, 4.69) is 24.0 Å². The number of hydrogen-bond donors (Lipinski definition) is 0. The third-order valence-corrected chi connectivity index (χ3v) is 3.42. The van der Waals surface area contributed by atoms with E-state index in [0.717, 1.165) is 17.0 Å². The van der Waals surface area contributed by atoms with Gasteiger partial charge in [0.05, 0.1) is 0 Å². The second-order valence-corrected chi connectivity index (χ2v) is 4.94. The van der Waals surface area contributed by atoms with Crippen molar-refractivity contribution in [1.29, 1.82) is 0 Å². The lowest BCUT2D eigenvalue weighted by atomic mass is 10.1. The SMILES string of the molecule is CCCC(=O)c1csc(-c2cccc(C)c2)n1.